The number of carbonyl (C=O) groups excluding carboxylic acids is 4. The fourth-order valence-corrected chi connectivity index (χ4v) is 1.57. The Bertz CT molecular complexity index is 350. The van der Waals surface area contributed by atoms with Crippen LogP contribution in [0.3, 0.4) is 0 Å². The van der Waals surface area contributed by atoms with Crippen molar-refractivity contribution in [2.75, 3.05) is 13.7 Å². The number of imide groups is 1. The lowest BCUT2D eigenvalue weighted by Crippen LogP contribution is -2.65. The average molecular weight is 245 g/mol. The van der Waals surface area contributed by atoms with Crippen LogP contribution in [0, 0.1) is 0 Å². The molecule has 0 saturated carbocycles. The predicted molar refractivity (Wildman–Crippen MR) is 55.7 cm³/mol. The molecule has 0 saturated heterocycles. The van der Waals surface area contributed by atoms with Gasteiger partial charge in [0.25, 0.3) is 0 Å². The van der Waals surface area contributed by atoms with Gasteiger partial charge in [-0.2, -0.15) is 0 Å². The maximum atomic E-state index is 11.6. The Kier molecular flexibility index (Phi) is 4.96. The summed E-state index contributed by atoms with van der Waals surface area (Å²) < 4.78 is 4.38. The molecule has 0 aliphatic heterocycles. The molecule has 96 valence electrons. The maximum Gasteiger partial charge on any atom is 0.342 e. The second kappa shape index (κ2) is 5.53. The fourth-order valence-electron chi connectivity index (χ4n) is 1.57. The molecule has 0 heterocycles. The van der Waals surface area contributed by atoms with Crippen molar-refractivity contribution in [1.82, 2.24) is 4.90 Å². The zero-order valence-corrected chi connectivity index (χ0v) is 10.1. The molecule has 0 aromatic rings. The Labute approximate surface area is 98.3 Å². The van der Waals surface area contributed by atoms with Crippen molar-refractivity contribution in [2.45, 2.75) is 26.3 Å². The first-order valence-corrected chi connectivity index (χ1v) is 4.77. The minimum absolute atomic E-state index is 0.404. The molecule has 7 heteroatoms. The van der Waals surface area contributed by atoms with Gasteiger partial charge in [-0.1, -0.05) is 0 Å². The summed E-state index contributed by atoms with van der Waals surface area (Å²) in [5, 5.41) is 9.25. The second-order valence-corrected chi connectivity index (χ2v) is 3.44. The van der Waals surface area contributed by atoms with Crippen molar-refractivity contribution in [3.05, 3.63) is 0 Å². The molecule has 2 amide bonds. The molecule has 17 heavy (non-hydrogen) atoms. The molecule has 0 radical (unpaired) electrons. The monoisotopic (exact) mass is 245 g/mol. The van der Waals surface area contributed by atoms with Gasteiger partial charge < -0.3 is 9.84 Å². The van der Waals surface area contributed by atoms with Gasteiger partial charge in [0.05, 0.1) is 13.7 Å². The quantitative estimate of drug-likeness (QED) is 0.497. The molecule has 0 rings (SSSR count). The maximum absolute atomic E-state index is 11.6. The number of hydrogen-bond donors (Lipinski definition) is 1. The molecule has 0 aliphatic carbocycles. The number of ether oxygens (including phenoxy) is 1. The van der Waals surface area contributed by atoms with Crippen LogP contribution in [0.2, 0.25) is 0 Å². The largest absolute Gasteiger partial charge is 0.467 e. The van der Waals surface area contributed by atoms with E-state index in [1.165, 1.54) is 0 Å². The molecule has 0 unspecified atom stereocenters. The number of nitrogens with zero attached hydrogens (tertiary/aromatic N) is 1. The van der Waals surface area contributed by atoms with Crippen molar-refractivity contribution in [3.8, 4) is 0 Å². The van der Waals surface area contributed by atoms with Crippen molar-refractivity contribution < 1.29 is 29.0 Å². The molecular formula is C10H15NO6. The topological polar surface area (TPSA) is 101 Å². The standard InChI is InChI=1S/C10H15NO6/c1-6(13)10(5-12,9(16)17-4)11(7(2)14)8(3)15/h12H,5H2,1-4H3/t10-/m1/s1. The summed E-state index contributed by atoms with van der Waals surface area (Å²) in [6.45, 7) is 2.00. The van der Waals surface area contributed by atoms with Crippen LogP contribution in [0.15, 0.2) is 0 Å². The predicted octanol–water partition coefficient (Wildman–Crippen LogP) is -1.13. The third-order valence-corrected chi connectivity index (χ3v) is 2.35. The molecule has 0 aromatic carbocycles. The van der Waals surface area contributed by atoms with Crippen LogP contribution in [-0.2, 0) is 23.9 Å². The number of aliphatic hydroxyl groups is 1. The van der Waals surface area contributed by atoms with Gasteiger partial charge in [-0.3, -0.25) is 19.3 Å². The van der Waals surface area contributed by atoms with Gasteiger partial charge >= 0.3 is 5.97 Å². The Hall–Kier alpha value is -1.76. The number of ketones is 1. The lowest BCUT2D eigenvalue weighted by molar-refractivity contribution is -0.173. The number of amides is 2. The number of aliphatic hydroxyl groups excluding tert-OH is 1. The number of esters is 1. The highest BCUT2D eigenvalue weighted by Gasteiger charge is 2.52. The minimum Gasteiger partial charge on any atom is -0.467 e. The Morgan fingerprint density at radius 3 is 1.71 bits per heavy atom. The zero-order valence-electron chi connectivity index (χ0n) is 10.1. The molecule has 1 atom stereocenters. The van der Waals surface area contributed by atoms with E-state index >= 15 is 0 Å². The molecule has 0 fully saturated rings. The minimum atomic E-state index is -2.30. The Balaban J connectivity index is 5.89. The van der Waals surface area contributed by atoms with Crippen LogP contribution in [0.4, 0.5) is 0 Å². The van der Waals surface area contributed by atoms with Gasteiger partial charge in [-0.15, -0.1) is 0 Å². The van der Waals surface area contributed by atoms with Crippen molar-refractivity contribution in [3.63, 3.8) is 0 Å². The van der Waals surface area contributed by atoms with E-state index in [0.717, 1.165) is 27.9 Å². The van der Waals surface area contributed by atoms with Crippen LogP contribution >= 0.6 is 0 Å². The van der Waals surface area contributed by atoms with E-state index in [0.29, 0.717) is 4.90 Å². The third-order valence-electron chi connectivity index (χ3n) is 2.35. The van der Waals surface area contributed by atoms with Crippen molar-refractivity contribution >= 4 is 23.6 Å². The molecular weight excluding hydrogens is 230 g/mol. The summed E-state index contributed by atoms with van der Waals surface area (Å²) in [5.74, 6) is -3.66. The Morgan fingerprint density at radius 2 is 1.53 bits per heavy atom. The van der Waals surface area contributed by atoms with Crippen molar-refractivity contribution in [1.29, 1.82) is 0 Å². The molecule has 0 aromatic heterocycles. The van der Waals surface area contributed by atoms with Crippen LogP contribution in [0.25, 0.3) is 0 Å². The molecule has 1 N–H and O–H groups in total. The smallest absolute Gasteiger partial charge is 0.342 e. The Morgan fingerprint density at radius 1 is 1.12 bits per heavy atom. The lowest BCUT2D eigenvalue weighted by atomic mass is 9.93. The number of rotatable bonds is 4. The van der Waals surface area contributed by atoms with E-state index in [9.17, 15) is 24.3 Å². The summed E-state index contributed by atoms with van der Waals surface area (Å²) in [5.41, 5.74) is -2.30. The average Bonchev–Trinajstić information content (AvgIpc) is 2.22. The molecule has 0 bridgehead atoms. The first-order valence-electron chi connectivity index (χ1n) is 4.77. The summed E-state index contributed by atoms with van der Waals surface area (Å²) in [6, 6.07) is 0. The van der Waals surface area contributed by atoms with Gasteiger partial charge in [0, 0.05) is 13.8 Å². The normalized spacial score (nSPS) is 13.5. The number of carbonyl (C=O) groups is 4. The molecule has 0 spiro atoms. The van der Waals surface area contributed by atoms with Crippen LogP contribution in [-0.4, -0.2) is 52.8 Å². The highest BCUT2D eigenvalue weighted by atomic mass is 16.5. The SMILES string of the molecule is COC(=O)[C@@](CO)(C(C)=O)N(C(C)=O)C(C)=O. The van der Waals surface area contributed by atoms with Gasteiger partial charge in [0.2, 0.25) is 17.4 Å². The molecule has 7 nitrogen and oxygen atoms in total. The van der Waals surface area contributed by atoms with E-state index in [4.69, 9.17) is 0 Å². The first kappa shape index (κ1) is 15.2. The highest BCUT2D eigenvalue weighted by Crippen LogP contribution is 2.19. The number of hydrogen-bond acceptors (Lipinski definition) is 6. The first-order chi connectivity index (χ1) is 7.75. The van der Waals surface area contributed by atoms with E-state index in [-0.39, 0.29) is 0 Å². The summed E-state index contributed by atoms with van der Waals surface area (Å²) in [7, 11) is 0.994. The van der Waals surface area contributed by atoms with Crippen LogP contribution in [0.5, 0.6) is 0 Å². The fraction of sp³-hybridized carbons (Fsp3) is 0.600. The second-order valence-electron chi connectivity index (χ2n) is 3.44. The summed E-state index contributed by atoms with van der Waals surface area (Å²) >= 11 is 0. The van der Waals surface area contributed by atoms with E-state index in [2.05, 4.69) is 4.74 Å². The number of Topliss-reactive ketones (excluding diaryl/α,β-unsaturated/α-hetero) is 1. The molecule has 0 aliphatic rings. The van der Waals surface area contributed by atoms with E-state index in [1.807, 2.05) is 0 Å². The van der Waals surface area contributed by atoms with Gasteiger partial charge in [0.1, 0.15) is 0 Å². The van der Waals surface area contributed by atoms with Crippen LogP contribution < -0.4 is 0 Å². The third kappa shape index (κ3) is 2.50. The van der Waals surface area contributed by atoms with E-state index < -0.39 is 35.7 Å². The lowest BCUT2D eigenvalue weighted by Gasteiger charge is -2.35. The van der Waals surface area contributed by atoms with Crippen LogP contribution in [0.1, 0.15) is 20.8 Å². The van der Waals surface area contributed by atoms with Gasteiger partial charge in [-0.25, -0.2) is 4.79 Å². The van der Waals surface area contributed by atoms with Crippen molar-refractivity contribution in [2.24, 2.45) is 0 Å². The highest BCUT2D eigenvalue weighted by molar-refractivity contribution is 6.14. The zero-order chi connectivity index (χ0) is 13.8. The van der Waals surface area contributed by atoms with Gasteiger partial charge in [-0.05, 0) is 6.92 Å². The van der Waals surface area contributed by atoms with E-state index in [1.54, 1.807) is 0 Å². The summed E-state index contributed by atoms with van der Waals surface area (Å²) in [4.78, 5) is 46.3. The summed E-state index contributed by atoms with van der Waals surface area (Å²) in [6.07, 6.45) is 0. The number of methoxy groups -OCH3 is 1. The van der Waals surface area contributed by atoms with Gasteiger partial charge in [0.15, 0.2) is 5.78 Å².